The molecule has 1 N–H and O–H groups in total. The number of hydrogen-bond acceptors (Lipinski definition) is 4. The summed E-state index contributed by atoms with van der Waals surface area (Å²) >= 11 is 0. The zero-order chi connectivity index (χ0) is 15.4. The van der Waals surface area contributed by atoms with Gasteiger partial charge in [0, 0.05) is 24.7 Å². The van der Waals surface area contributed by atoms with Crippen molar-refractivity contribution in [3.8, 4) is 0 Å². The van der Waals surface area contributed by atoms with E-state index in [1.165, 1.54) is 12.1 Å². The quantitative estimate of drug-likeness (QED) is 0.474. The maximum absolute atomic E-state index is 11.3. The van der Waals surface area contributed by atoms with Gasteiger partial charge in [-0.15, -0.1) is 0 Å². The van der Waals surface area contributed by atoms with Gasteiger partial charge in [0.05, 0.1) is 4.92 Å². The highest BCUT2D eigenvalue weighted by atomic mass is 16.6. The summed E-state index contributed by atoms with van der Waals surface area (Å²) in [6.07, 6.45) is 5.40. The molecular weight excluding hydrogens is 272 g/mol. The lowest BCUT2D eigenvalue weighted by Crippen LogP contribution is -2.27. The molecular formula is C15H18N2O4. The number of carboxylic acid groups (broad SMARTS) is 1. The Balaban J connectivity index is 2.36. The van der Waals surface area contributed by atoms with E-state index in [0.717, 1.165) is 31.9 Å². The van der Waals surface area contributed by atoms with Crippen LogP contribution in [0.2, 0.25) is 0 Å². The van der Waals surface area contributed by atoms with E-state index in [1.54, 1.807) is 12.1 Å². The van der Waals surface area contributed by atoms with E-state index in [2.05, 4.69) is 4.90 Å². The minimum Gasteiger partial charge on any atom is -0.478 e. The van der Waals surface area contributed by atoms with Crippen molar-refractivity contribution in [2.24, 2.45) is 0 Å². The second kappa shape index (κ2) is 6.39. The number of nitro benzene ring substituents is 1. The van der Waals surface area contributed by atoms with Gasteiger partial charge in [0.25, 0.3) is 5.69 Å². The third-order valence-corrected chi connectivity index (χ3v) is 3.38. The predicted molar refractivity (Wildman–Crippen MR) is 80.4 cm³/mol. The summed E-state index contributed by atoms with van der Waals surface area (Å²) in [5.41, 5.74) is 1.17. The lowest BCUT2D eigenvalue weighted by Gasteiger charge is -2.23. The van der Waals surface area contributed by atoms with Gasteiger partial charge in [0.1, 0.15) is 5.69 Å². The fourth-order valence-electron chi connectivity index (χ4n) is 2.33. The van der Waals surface area contributed by atoms with Crippen molar-refractivity contribution in [2.75, 3.05) is 11.4 Å². The molecule has 1 saturated carbocycles. The number of hydrogen-bond donors (Lipinski definition) is 1. The summed E-state index contributed by atoms with van der Waals surface area (Å²) in [6, 6.07) is 5.25. The summed E-state index contributed by atoms with van der Waals surface area (Å²) in [6.45, 7) is 2.83. The van der Waals surface area contributed by atoms with E-state index >= 15 is 0 Å². The van der Waals surface area contributed by atoms with Crippen LogP contribution in [0.4, 0.5) is 11.4 Å². The molecule has 0 heterocycles. The monoisotopic (exact) mass is 290 g/mol. The first-order valence-electron chi connectivity index (χ1n) is 6.99. The third kappa shape index (κ3) is 3.81. The van der Waals surface area contributed by atoms with Gasteiger partial charge in [-0.25, -0.2) is 4.79 Å². The molecule has 0 bridgehead atoms. The minimum atomic E-state index is -1.08. The minimum absolute atomic E-state index is 0.0305. The molecule has 0 aliphatic heterocycles. The average molecular weight is 290 g/mol. The molecule has 6 heteroatoms. The molecule has 0 unspecified atom stereocenters. The van der Waals surface area contributed by atoms with Crippen LogP contribution in [0.15, 0.2) is 24.3 Å². The van der Waals surface area contributed by atoms with Crippen molar-refractivity contribution in [1.29, 1.82) is 0 Å². The van der Waals surface area contributed by atoms with E-state index in [4.69, 9.17) is 5.11 Å². The van der Waals surface area contributed by atoms with Crippen LogP contribution in [0.1, 0.15) is 31.7 Å². The van der Waals surface area contributed by atoms with Crippen molar-refractivity contribution in [1.82, 2.24) is 0 Å². The molecule has 0 radical (unpaired) electrons. The van der Waals surface area contributed by atoms with Crippen LogP contribution in [0, 0.1) is 10.1 Å². The van der Waals surface area contributed by atoms with Crippen LogP contribution in [-0.4, -0.2) is 28.6 Å². The van der Waals surface area contributed by atoms with Crippen molar-refractivity contribution in [3.05, 3.63) is 40.0 Å². The van der Waals surface area contributed by atoms with Gasteiger partial charge < -0.3 is 10.0 Å². The lowest BCUT2D eigenvalue weighted by molar-refractivity contribution is -0.384. The SMILES string of the molecule is CCCN(c1ccc(/C=C/C(=O)O)cc1[N+](=O)[O-])C1CC1. The largest absolute Gasteiger partial charge is 0.478 e. The standard InChI is InChI=1S/C15H18N2O4/c1-2-9-16(12-5-6-12)13-7-3-11(4-8-15(18)19)10-14(13)17(20)21/h3-4,7-8,10,12H,2,5-6,9H2,1H3,(H,18,19)/b8-4+. The Bertz CT molecular complexity index is 579. The molecule has 2 rings (SSSR count). The molecule has 0 aromatic heterocycles. The van der Waals surface area contributed by atoms with Crippen LogP contribution in [-0.2, 0) is 4.79 Å². The molecule has 112 valence electrons. The smallest absolute Gasteiger partial charge is 0.328 e. The summed E-state index contributed by atoms with van der Waals surface area (Å²) in [7, 11) is 0. The molecule has 1 aromatic carbocycles. The Labute approximate surface area is 122 Å². The zero-order valence-corrected chi connectivity index (χ0v) is 11.9. The van der Waals surface area contributed by atoms with Gasteiger partial charge in [0.2, 0.25) is 0 Å². The van der Waals surface area contributed by atoms with Crippen LogP contribution in [0.3, 0.4) is 0 Å². The highest BCUT2D eigenvalue weighted by Crippen LogP contribution is 2.37. The van der Waals surface area contributed by atoms with Gasteiger partial charge in [-0.05, 0) is 37.0 Å². The highest BCUT2D eigenvalue weighted by Gasteiger charge is 2.32. The first-order valence-corrected chi connectivity index (χ1v) is 6.99. The molecule has 21 heavy (non-hydrogen) atoms. The number of carboxylic acids is 1. The van der Waals surface area contributed by atoms with Gasteiger partial charge in [0.15, 0.2) is 0 Å². The van der Waals surface area contributed by atoms with E-state index in [-0.39, 0.29) is 5.69 Å². The van der Waals surface area contributed by atoms with Crippen LogP contribution in [0.5, 0.6) is 0 Å². The first-order chi connectivity index (χ1) is 10.0. The van der Waals surface area contributed by atoms with Crippen LogP contribution >= 0.6 is 0 Å². The fraction of sp³-hybridized carbons (Fsp3) is 0.400. The number of anilines is 1. The Kier molecular flexibility index (Phi) is 4.57. The second-order valence-corrected chi connectivity index (χ2v) is 5.10. The fourth-order valence-corrected chi connectivity index (χ4v) is 2.33. The number of aliphatic carboxylic acids is 1. The van der Waals surface area contributed by atoms with Crippen molar-refractivity contribution < 1.29 is 14.8 Å². The number of nitro groups is 1. The van der Waals surface area contributed by atoms with Crippen LogP contribution < -0.4 is 4.90 Å². The molecule has 1 fully saturated rings. The maximum Gasteiger partial charge on any atom is 0.328 e. The maximum atomic E-state index is 11.3. The van der Waals surface area contributed by atoms with Gasteiger partial charge in [-0.3, -0.25) is 10.1 Å². The lowest BCUT2D eigenvalue weighted by atomic mass is 10.1. The summed E-state index contributed by atoms with van der Waals surface area (Å²) in [4.78, 5) is 23.5. The molecule has 1 aliphatic carbocycles. The first kappa shape index (κ1) is 15.0. The topological polar surface area (TPSA) is 83.7 Å². The van der Waals surface area contributed by atoms with Gasteiger partial charge in [-0.2, -0.15) is 0 Å². The summed E-state index contributed by atoms with van der Waals surface area (Å²) in [5.74, 6) is -1.08. The Hall–Kier alpha value is -2.37. The molecule has 0 saturated heterocycles. The number of carbonyl (C=O) groups is 1. The number of nitrogens with zero attached hydrogens (tertiary/aromatic N) is 2. The Morgan fingerprint density at radius 3 is 2.76 bits per heavy atom. The summed E-state index contributed by atoms with van der Waals surface area (Å²) in [5, 5.41) is 19.9. The van der Waals surface area contributed by atoms with Crippen molar-refractivity contribution >= 4 is 23.4 Å². The molecule has 1 aromatic rings. The number of rotatable bonds is 7. The molecule has 0 amide bonds. The Morgan fingerprint density at radius 2 is 2.24 bits per heavy atom. The second-order valence-electron chi connectivity index (χ2n) is 5.10. The molecule has 0 atom stereocenters. The molecule has 6 nitrogen and oxygen atoms in total. The van der Waals surface area contributed by atoms with Gasteiger partial charge in [-0.1, -0.05) is 13.0 Å². The van der Waals surface area contributed by atoms with Crippen molar-refractivity contribution in [2.45, 2.75) is 32.2 Å². The van der Waals surface area contributed by atoms with Crippen LogP contribution in [0.25, 0.3) is 6.08 Å². The van der Waals surface area contributed by atoms with E-state index in [1.807, 2.05) is 6.92 Å². The van der Waals surface area contributed by atoms with Crippen molar-refractivity contribution in [3.63, 3.8) is 0 Å². The average Bonchev–Trinajstić information content (AvgIpc) is 3.27. The van der Waals surface area contributed by atoms with E-state index in [0.29, 0.717) is 17.3 Å². The number of benzene rings is 1. The normalized spacial score (nSPS) is 14.3. The molecule has 0 spiro atoms. The van der Waals surface area contributed by atoms with E-state index in [9.17, 15) is 14.9 Å². The van der Waals surface area contributed by atoms with E-state index < -0.39 is 10.9 Å². The molecule has 1 aliphatic rings. The predicted octanol–water partition coefficient (Wildman–Crippen LogP) is 3.07. The highest BCUT2D eigenvalue weighted by molar-refractivity contribution is 5.85. The Morgan fingerprint density at radius 1 is 1.52 bits per heavy atom. The van der Waals surface area contributed by atoms with Gasteiger partial charge >= 0.3 is 5.97 Å². The third-order valence-electron chi connectivity index (χ3n) is 3.38. The zero-order valence-electron chi connectivity index (χ0n) is 11.9. The summed E-state index contributed by atoms with van der Waals surface area (Å²) < 4.78 is 0.